The lowest BCUT2D eigenvalue weighted by Crippen LogP contribution is -2.45. The van der Waals surface area contributed by atoms with Crippen molar-refractivity contribution in [3.8, 4) is 11.5 Å². The molecule has 7 nitrogen and oxygen atoms in total. The van der Waals surface area contributed by atoms with E-state index in [-0.39, 0.29) is 24.3 Å². The summed E-state index contributed by atoms with van der Waals surface area (Å²) in [6.07, 6.45) is 1.09. The quantitative estimate of drug-likeness (QED) is 0.766. The van der Waals surface area contributed by atoms with E-state index in [1.54, 1.807) is 30.2 Å². The lowest BCUT2D eigenvalue weighted by Gasteiger charge is -2.32. The number of benzene rings is 1. The van der Waals surface area contributed by atoms with E-state index in [4.69, 9.17) is 9.47 Å². The minimum atomic E-state index is -0.916. The molecule has 2 atom stereocenters. The highest BCUT2D eigenvalue weighted by Gasteiger charge is 2.28. The summed E-state index contributed by atoms with van der Waals surface area (Å²) in [7, 11) is 3.07. The van der Waals surface area contributed by atoms with Gasteiger partial charge in [0.2, 0.25) is 11.8 Å². The summed E-state index contributed by atoms with van der Waals surface area (Å²) in [5.74, 6) is 0.832. The summed E-state index contributed by atoms with van der Waals surface area (Å²) in [5.41, 5.74) is 0.554. The zero-order chi connectivity index (χ0) is 19.1. The number of aliphatic hydroxyl groups is 1. The molecule has 0 aliphatic carbocycles. The molecular formula is C19H28N2O5. The van der Waals surface area contributed by atoms with Crippen molar-refractivity contribution in [1.29, 1.82) is 0 Å². The molecule has 1 heterocycles. The summed E-state index contributed by atoms with van der Waals surface area (Å²) in [6.45, 7) is 3.04. The molecule has 1 saturated heterocycles. The first-order valence-corrected chi connectivity index (χ1v) is 8.95. The van der Waals surface area contributed by atoms with E-state index in [0.717, 1.165) is 12.8 Å². The molecule has 2 amide bonds. The van der Waals surface area contributed by atoms with Crippen LogP contribution < -0.4 is 14.8 Å². The van der Waals surface area contributed by atoms with Crippen LogP contribution in [0.15, 0.2) is 18.2 Å². The number of amides is 2. The van der Waals surface area contributed by atoms with E-state index >= 15 is 0 Å². The van der Waals surface area contributed by atoms with Crippen molar-refractivity contribution in [3.63, 3.8) is 0 Å². The summed E-state index contributed by atoms with van der Waals surface area (Å²) in [5, 5.41) is 13.3. The van der Waals surface area contributed by atoms with Gasteiger partial charge in [0.15, 0.2) is 0 Å². The van der Waals surface area contributed by atoms with Crippen LogP contribution in [0, 0.1) is 5.92 Å². The van der Waals surface area contributed by atoms with Crippen LogP contribution in [0.3, 0.4) is 0 Å². The second-order valence-electron chi connectivity index (χ2n) is 6.40. The molecule has 0 radical (unpaired) electrons. The van der Waals surface area contributed by atoms with Gasteiger partial charge in [-0.1, -0.05) is 6.92 Å². The van der Waals surface area contributed by atoms with E-state index in [2.05, 4.69) is 5.32 Å². The van der Waals surface area contributed by atoms with Gasteiger partial charge in [-0.05, 0) is 31.0 Å². The highest BCUT2D eigenvalue weighted by molar-refractivity contribution is 5.81. The number of ether oxygens (including phenoxy) is 2. The molecule has 2 unspecified atom stereocenters. The molecule has 2 rings (SSSR count). The molecule has 1 aliphatic heterocycles. The molecule has 7 heteroatoms. The minimum absolute atomic E-state index is 0.0700. The minimum Gasteiger partial charge on any atom is -0.497 e. The van der Waals surface area contributed by atoms with Crippen LogP contribution in [0.1, 0.15) is 37.9 Å². The van der Waals surface area contributed by atoms with Crippen molar-refractivity contribution in [2.75, 3.05) is 33.9 Å². The lowest BCUT2D eigenvalue weighted by atomic mass is 9.96. The molecule has 1 aromatic carbocycles. The Balaban J connectivity index is 1.95. The summed E-state index contributed by atoms with van der Waals surface area (Å²) in [6, 6.07) is 5.15. The highest BCUT2D eigenvalue weighted by atomic mass is 16.5. The molecule has 0 spiro atoms. The molecule has 144 valence electrons. The van der Waals surface area contributed by atoms with Gasteiger partial charge < -0.3 is 24.8 Å². The first kappa shape index (κ1) is 20.0. The zero-order valence-electron chi connectivity index (χ0n) is 15.7. The number of carbonyl (C=O) groups is 2. The van der Waals surface area contributed by atoms with E-state index in [0.29, 0.717) is 36.6 Å². The summed E-state index contributed by atoms with van der Waals surface area (Å²) in [4.78, 5) is 26.0. The van der Waals surface area contributed by atoms with Crippen LogP contribution in [-0.2, 0) is 9.59 Å². The van der Waals surface area contributed by atoms with E-state index in [1.165, 1.54) is 7.11 Å². The molecule has 0 bridgehead atoms. The van der Waals surface area contributed by atoms with Gasteiger partial charge in [0.1, 0.15) is 11.5 Å². The predicted molar refractivity (Wildman–Crippen MR) is 97.1 cm³/mol. The number of hydrogen-bond donors (Lipinski definition) is 2. The van der Waals surface area contributed by atoms with Crippen LogP contribution in [0.5, 0.6) is 11.5 Å². The van der Waals surface area contributed by atoms with Crippen molar-refractivity contribution < 1.29 is 24.2 Å². The topological polar surface area (TPSA) is 88.1 Å². The number of methoxy groups -OCH3 is 2. The normalized spacial score (nSPS) is 18.2. The number of likely N-dealkylation sites (tertiary alicyclic amines) is 1. The predicted octanol–water partition coefficient (Wildman–Crippen LogP) is 1.50. The monoisotopic (exact) mass is 364 g/mol. The van der Waals surface area contributed by atoms with Crippen LogP contribution >= 0.6 is 0 Å². The first-order valence-electron chi connectivity index (χ1n) is 8.95. The Morgan fingerprint density at radius 1 is 1.35 bits per heavy atom. The number of hydrogen-bond acceptors (Lipinski definition) is 5. The highest BCUT2D eigenvalue weighted by Crippen LogP contribution is 2.29. The largest absolute Gasteiger partial charge is 0.497 e. The number of nitrogens with one attached hydrogen (secondary N) is 1. The van der Waals surface area contributed by atoms with Crippen LogP contribution in [0.2, 0.25) is 0 Å². The van der Waals surface area contributed by atoms with Gasteiger partial charge >= 0.3 is 0 Å². The van der Waals surface area contributed by atoms with E-state index in [1.807, 2.05) is 6.92 Å². The fourth-order valence-corrected chi connectivity index (χ4v) is 3.19. The molecule has 0 aromatic heterocycles. The van der Waals surface area contributed by atoms with Gasteiger partial charge in [0.25, 0.3) is 0 Å². The zero-order valence-corrected chi connectivity index (χ0v) is 15.7. The number of aliphatic hydroxyl groups excluding tert-OH is 1. The van der Waals surface area contributed by atoms with Crippen LogP contribution in [-0.4, -0.2) is 55.7 Å². The second kappa shape index (κ2) is 9.43. The standard InChI is InChI=1S/C19H28N2O5/c1-4-18(23)21-9-5-6-13(12-21)19(24)20-11-16(22)15-10-14(25-2)7-8-17(15)26-3/h7-8,10,13,16,22H,4-6,9,11-12H2,1-3H3,(H,20,24). The maximum Gasteiger partial charge on any atom is 0.225 e. The van der Waals surface area contributed by atoms with Gasteiger partial charge in [-0.3, -0.25) is 9.59 Å². The molecule has 2 N–H and O–H groups in total. The fraction of sp³-hybridized carbons (Fsp3) is 0.579. The van der Waals surface area contributed by atoms with Crippen molar-refractivity contribution in [2.24, 2.45) is 5.92 Å². The van der Waals surface area contributed by atoms with Crippen molar-refractivity contribution in [1.82, 2.24) is 10.2 Å². The average molecular weight is 364 g/mol. The third-order valence-electron chi connectivity index (χ3n) is 4.71. The Hall–Kier alpha value is -2.28. The SMILES string of the molecule is CCC(=O)N1CCCC(C(=O)NCC(O)c2cc(OC)ccc2OC)C1. The van der Waals surface area contributed by atoms with Gasteiger partial charge in [0.05, 0.1) is 26.2 Å². The lowest BCUT2D eigenvalue weighted by molar-refractivity contribution is -0.135. The van der Waals surface area contributed by atoms with E-state index in [9.17, 15) is 14.7 Å². The Kier molecular flexibility index (Phi) is 7.26. The Morgan fingerprint density at radius 2 is 2.12 bits per heavy atom. The van der Waals surface area contributed by atoms with Crippen molar-refractivity contribution in [2.45, 2.75) is 32.3 Å². The third kappa shape index (κ3) is 4.88. The number of rotatable bonds is 7. The fourth-order valence-electron chi connectivity index (χ4n) is 3.19. The molecule has 1 aliphatic rings. The maximum atomic E-state index is 12.5. The average Bonchev–Trinajstić information content (AvgIpc) is 2.70. The van der Waals surface area contributed by atoms with Crippen molar-refractivity contribution >= 4 is 11.8 Å². The molecule has 0 saturated carbocycles. The maximum absolute atomic E-state index is 12.5. The second-order valence-corrected chi connectivity index (χ2v) is 6.40. The van der Waals surface area contributed by atoms with Crippen LogP contribution in [0.25, 0.3) is 0 Å². The van der Waals surface area contributed by atoms with Gasteiger partial charge in [-0.2, -0.15) is 0 Å². The molecule has 1 fully saturated rings. The first-order chi connectivity index (χ1) is 12.5. The van der Waals surface area contributed by atoms with Crippen molar-refractivity contribution in [3.05, 3.63) is 23.8 Å². The molecular weight excluding hydrogens is 336 g/mol. The molecule has 1 aromatic rings. The smallest absolute Gasteiger partial charge is 0.225 e. The van der Waals surface area contributed by atoms with Gasteiger partial charge in [-0.25, -0.2) is 0 Å². The van der Waals surface area contributed by atoms with E-state index < -0.39 is 6.10 Å². The number of carbonyl (C=O) groups excluding carboxylic acids is 2. The third-order valence-corrected chi connectivity index (χ3v) is 4.71. The number of piperidine rings is 1. The van der Waals surface area contributed by atoms with Gasteiger partial charge in [0, 0.05) is 31.6 Å². The summed E-state index contributed by atoms with van der Waals surface area (Å²) < 4.78 is 10.4. The Morgan fingerprint density at radius 3 is 2.77 bits per heavy atom. The number of nitrogens with zero attached hydrogens (tertiary/aromatic N) is 1. The van der Waals surface area contributed by atoms with Gasteiger partial charge in [-0.15, -0.1) is 0 Å². The Bertz CT molecular complexity index is 634. The molecule has 26 heavy (non-hydrogen) atoms. The van der Waals surface area contributed by atoms with Crippen LogP contribution in [0.4, 0.5) is 0 Å². The Labute approximate surface area is 154 Å². The summed E-state index contributed by atoms with van der Waals surface area (Å²) >= 11 is 0.